The van der Waals surface area contributed by atoms with E-state index in [-0.39, 0.29) is 31.2 Å². The van der Waals surface area contributed by atoms with Gasteiger partial charge in [-0.1, -0.05) is 61.9 Å². The molecule has 0 aliphatic carbocycles. The molecule has 0 radical (unpaired) electrons. The molecule has 3 heterocycles. The first-order chi connectivity index (χ1) is 23.9. The number of nitrogens with zero attached hydrogens (tertiary/aromatic N) is 1. The smallest absolute Gasteiger partial charge is 0.161 e. The average Bonchev–Trinajstić information content (AvgIpc) is 3.54. The molecule has 8 nitrogen and oxygen atoms in total. The molecule has 4 atom stereocenters. The fraction of sp³-hybridized carbons (Fsp3) is 0.415. The lowest BCUT2D eigenvalue weighted by Gasteiger charge is -2.27. The topological polar surface area (TPSA) is 122 Å². The predicted octanol–water partition coefficient (Wildman–Crippen LogP) is 6.79. The van der Waals surface area contributed by atoms with Gasteiger partial charge in [0.2, 0.25) is 0 Å². The van der Waals surface area contributed by atoms with Crippen molar-refractivity contribution in [2.75, 3.05) is 13.2 Å². The normalized spacial score (nSPS) is 20.7. The number of aliphatic hydroxyl groups is 2. The number of aliphatic hydroxyl groups excluding tert-OH is 2. The van der Waals surface area contributed by atoms with Crippen LogP contribution in [0.3, 0.4) is 0 Å². The van der Waals surface area contributed by atoms with Crippen LogP contribution in [0.1, 0.15) is 74.1 Å². The minimum absolute atomic E-state index is 0.0927. The Kier molecular flexibility index (Phi) is 11.7. The number of benzene rings is 3. The summed E-state index contributed by atoms with van der Waals surface area (Å²) >= 11 is 0. The minimum Gasteiger partial charge on any atom is -0.504 e. The first kappa shape index (κ1) is 34.8. The van der Waals surface area contributed by atoms with Crippen LogP contribution in [0.25, 0.3) is 16.6 Å². The van der Waals surface area contributed by atoms with Crippen LogP contribution in [0.15, 0.2) is 90.8 Å². The van der Waals surface area contributed by atoms with Gasteiger partial charge in [0.15, 0.2) is 11.5 Å². The summed E-state index contributed by atoms with van der Waals surface area (Å²) in [4.78, 5) is 0. The summed E-state index contributed by atoms with van der Waals surface area (Å²) in [6, 6.07) is 20.3. The standard InChI is InChI=1S/C41H51N3O5/c1-2-28(9-6-18-45)11-15-36-23-35(46)14-10-30-12-16-38(47)39(22-30)49-27-34-21-31(19-29-7-4-3-5-8-29)20-33-24-44(25-37(33)34)41-32(26-48-36)13-17-40(42)43-41/h3-5,7-8,12-13,16-17,20-22,24-25,28,35-36,40,43,45-47H,2,6,9-11,14-15,18-19,23,26-27,42H2,1H3/t28-,35-,36+,40?/m1/s1. The zero-order chi connectivity index (χ0) is 34.2. The molecule has 6 rings (SSSR count). The molecule has 0 saturated carbocycles. The van der Waals surface area contributed by atoms with Crippen molar-refractivity contribution in [3.63, 3.8) is 0 Å². The van der Waals surface area contributed by atoms with Crippen LogP contribution in [0.5, 0.6) is 11.5 Å². The van der Waals surface area contributed by atoms with E-state index in [1.54, 1.807) is 6.07 Å². The molecular weight excluding hydrogens is 614 g/mol. The van der Waals surface area contributed by atoms with Crippen molar-refractivity contribution < 1.29 is 24.8 Å². The molecule has 0 saturated heterocycles. The van der Waals surface area contributed by atoms with Crippen molar-refractivity contribution in [1.82, 2.24) is 9.88 Å². The Bertz CT molecular complexity index is 1750. The molecule has 1 unspecified atom stereocenters. The second-order valence-corrected chi connectivity index (χ2v) is 13.7. The first-order valence-electron chi connectivity index (χ1n) is 17.8. The lowest BCUT2D eigenvalue weighted by Crippen LogP contribution is -2.38. The van der Waals surface area contributed by atoms with E-state index in [1.165, 1.54) is 11.1 Å². The summed E-state index contributed by atoms with van der Waals surface area (Å²) in [6.07, 6.45) is 14.4. The highest BCUT2D eigenvalue weighted by Crippen LogP contribution is 2.32. The van der Waals surface area contributed by atoms with Crippen LogP contribution >= 0.6 is 0 Å². The Labute approximate surface area is 289 Å². The van der Waals surface area contributed by atoms with Gasteiger partial charge in [-0.15, -0.1) is 0 Å². The highest BCUT2D eigenvalue weighted by atomic mass is 16.5. The molecule has 0 spiro atoms. The largest absolute Gasteiger partial charge is 0.504 e. The second-order valence-electron chi connectivity index (χ2n) is 13.7. The molecule has 2 aliphatic rings. The van der Waals surface area contributed by atoms with Crippen LogP contribution in [-0.2, 0) is 24.2 Å². The van der Waals surface area contributed by atoms with Crippen molar-refractivity contribution in [1.29, 1.82) is 0 Å². The van der Waals surface area contributed by atoms with Gasteiger partial charge in [-0.25, -0.2) is 0 Å². The number of ether oxygens (including phenoxy) is 2. The molecule has 3 aromatic carbocycles. The number of fused-ring (bicyclic) bond motifs is 4. The zero-order valence-corrected chi connectivity index (χ0v) is 28.6. The van der Waals surface area contributed by atoms with Crippen LogP contribution in [0, 0.1) is 5.92 Å². The van der Waals surface area contributed by atoms with E-state index in [0.29, 0.717) is 37.5 Å². The molecule has 4 aromatic rings. The molecule has 49 heavy (non-hydrogen) atoms. The molecule has 4 bridgehead atoms. The van der Waals surface area contributed by atoms with Crippen LogP contribution in [-0.4, -0.2) is 51.5 Å². The van der Waals surface area contributed by atoms with Crippen molar-refractivity contribution >= 4 is 16.6 Å². The maximum atomic E-state index is 11.2. The maximum Gasteiger partial charge on any atom is 0.161 e. The Morgan fingerprint density at radius 2 is 1.88 bits per heavy atom. The van der Waals surface area contributed by atoms with E-state index in [2.05, 4.69) is 65.6 Å². The molecule has 1 aromatic heterocycles. The van der Waals surface area contributed by atoms with Crippen molar-refractivity contribution in [2.45, 2.75) is 89.7 Å². The molecule has 0 amide bonds. The van der Waals surface area contributed by atoms with E-state index in [1.807, 2.05) is 30.4 Å². The van der Waals surface area contributed by atoms with E-state index in [4.69, 9.17) is 15.2 Å². The lowest BCUT2D eigenvalue weighted by atomic mass is 9.92. The summed E-state index contributed by atoms with van der Waals surface area (Å²) in [5.41, 5.74) is 11.8. The molecular formula is C41H51N3O5. The number of nitrogens with one attached hydrogen (secondary N) is 1. The molecule has 260 valence electrons. The fourth-order valence-corrected chi connectivity index (χ4v) is 7.10. The van der Waals surface area contributed by atoms with Crippen molar-refractivity contribution in [3.8, 4) is 11.5 Å². The summed E-state index contributed by atoms with van der Waals surface area (Å²) in [7, 11) is 0. The summed E-state index contributed by atoms with van der Waals surface area (Å²) < 4.78 is 15.1. The number of phenols is 1. The second kappa shape index (κ2) is 16.5. The molecule has 0 fully saturated rings. The highest BCUT2D eigenvalue weighted by molar-refractivity contribution is 5.88. The van der Waals surface area contributed by atoms with Crippen molar-refractivity contribution in [3.05, 3.63) is 113 Å². The van der Waals surface area contributed by atoms with Crippen molar-refractivity contribution in [2.24, 2.45) is 11.7 Å². The minimum atomic E-state index is -0.547. The number of hydrogen-bond acceptors (Lipinski definition) is 7. The lowest BCUT2D eigenvalue weighted by molar-refractivity contribution is 0.0146. The summed E-state index contributed by atoms with van der Waals surface area (Å²) in [5.74, 6) is 1.89. The Balaban J connectivity index is 1.38. The van der Waals surface area contributed by atoms with Crippen LogP contribution in [0.2, 0.25) is 0 Å². The number of rotatable bonds is 9. The number of dihydropyridines is 1. The number of aromatic hydroxyl groups is 1. The van der Waals surface area contributed by atoms with Gasteiger partial charge in [-0.3, -0.25) is 0 Å². The Hall–Kier alpha value is -4.08. The number of aromatic nitrogens is 1. The first-order valence-corrected chi connectivity index (χ1v) is 17.8. The summed E-state index contributed by atoms with van der Waals surface area (Å²) in [6.45, 7) is 3.07. The number of aryl methyl sites for hydroxylation is 1. The SMILES string of the molecule is CC[C@H](CCCO)CC[C@H]1C[C@H](O)CCc2ccc(O)c(c2)OCc2cc(Cc3ccccc3)cc3cn(cc23)C2=C(C=CC(N)N2)CO1. The van der Waals surface area contributed by atoms with Crippen LogP contribution < -0.4 is 15.8 Å². The van der Waals surface area contributed by atoms with E-state index in [0.717, 1.165) is 71.8 Å². The van der Waals surface area contributed by atoms with Gasteiger partial charge in [0.1, 0.15) is 12.4 Å². The third-order valence-electron chi connectivity index (χ3n) is 9.95. The van der Waals surface area contributed by atoms with E-state index in [9.17, 15) is 15.3 Å². The Morgan fingerprint density at radius 3 is 2.69 bits per heavy atom. The van der Waals surface area contributed by atoms with Gasteiger partial charge < -0.3 is 40.4 Å². The monoisotopic (exact) mass is 665 g/mol. The third-order valence-corrected chi connectivity index (χ3v) is 9.95. The van der Waals surface area contributed by atoms with Gasteiger partial charge >= 0.3 is 0 Å². The number of phenolic OH excluding ortho intramolecular Hbond substituents is 1. The summed E-state index contributed by atoms with van der Waals surface area (Å²) in [5, 5.41) is 37.0. The quantitative estimate of drug-likeness (QED) is 0.133. The average molecular weight is 666 g/mol. The van der Waals surface area contributed by atoms with Gasteiger partial charge in [-0.05, 0) is 104 Å². The molecule has 8 heteroatoms. The molecule has 6 N–H and O–H groups in total. The maximum absolute atomic E-state index is 11.2. The van der Waals surface area contributed by atoms with E-state index >= 15 is 0 Å². The third kappa shape index (κ3) is 9.13. The Morgan fingerprint density at radius 1 is 1.02 bits per heavy atom. The van der Waals surface area contributed by atoms with Gasteiger partial charge in [0.25, 0.3) is 0 Å². The fourth-order valence-electron chi connectivity index (χ4n) is 7.10. The van der Waals surface area contributed by atoms with Crippen LogP contribution in [0.4, 0.5) is 0 Å². The molecule has 2 aliphatic heterocycles. The zero-order valence-electron chi connectivity index (χ0n) is 28.6. The van der Waals surface area contributed by atoms with Gasteiger partial charge in [0, 0.05) is 35.3 Å². The number of nitrogens with two attached hydrogens (primary N) is 1. The van der Waals surface area contributed by atoms with Gasteiger partial charge in [-0.2, -0.15) is 0 Å². The predicted molar refractivity (Wildman–Crippen MR) is 195 cm³/mol. The highest BCUT2D eigenvalue weighted by Gasteiger charge is 2.22. The number of hydrogen-bond donors (Lipinski definition) is 5. The van der Waals surface area contributed by atoms with E-state index < -0.39 is 6.10 Å². The van der Waals surface area contributed by atoms with Gasteiger partial charge in [0.05, 0.1) is 25.0 Å².